The Bertz CT molecular complexity index is 316. The van der Waals surface area contributed by atoms with E-state index in [-0.39, 0.29) is 0 Å². The minimum atomic E-state index is 1.28. The second-order valence-corrected chi connectivity index (χ2v) is 3.23. The van der Waals surface area contributed by atoms with Crippen molar-refractivity contribution in [1.82, 2.24) is 5.32 Å². The maximum atomic E-state index is 2.75. The smallest absolute Gasteiger partial charge is 0.0167 e. The Kier molecular flexibility index (Phi) is 5.20. The van der Waals surface area contributed by atoms with E-state index >= 15 is 0 Å². The molecule has 0 aliphatic rings. The lowest BCUT2D eigenvalue weighted by Crippen LogP contribution is -1.89. The minimum absolute atomic E-state index is 1.28. The van der Waals surface area contributed by atoms with Gasteiger partial charge >= 0.3 is 0 Å². The first-order chi connectivity index (χ1) is 7.38. The summed E-state index contributed by atoms with van der Waals surface area (Å²) in [7, 11) is 3.75. The third kappa shape index (κ3) is 3.96. The van der Waals surface area contributed by atoms with Crippen molar-refractivity contribution in [1.29, 1.82) is 0 Å². The lowest BCUT2D eigenvalue weighted by molar-refractivity contribution is 1.02. The lowest BCUT2D eigenvalue weighted by atomic mass is 10.1. The van der Waals surface area contributed by atoms with Crippen molar-refractivity contribution in [3.8, 4) is 11.1 Å². The van der Waals surface area contributed by atoms with Crippen molar-refractivity contribution in [3.05, 3.63) is 60.7 Å². The third-order valence-electron chi connectivity index (χ3n) is 1.88. The highest BCUT2D eigenvalue weighted by Crippen LogP contribution is 2.17. The molecular formula is C14H17N. The molecule has 2 aromatic rings. The van der Waals surface area contributed by atoms with Gasteiger partial charge in [-0.3, -0.25) is 0 Å². The minimum Gasteiger partial charge on any atom is -0.323 e. The molecule has 15 heavy (non-hydrogen) atoms. The average molecular weight is 199 g/mol. The molecule has 0 heterocycles. The zero-order valence-electron chi connectivity index (χ0n) is 9.27. The SMILES string of the molecule is CNC.c1ccc(-c2ccccc2)cc1. The van der Waals surface area contributed by atoms with Crippen LogP contribution < -0.4 is 5.32 Å². The molecule has 78 valence electrons. The number of hydrogen-bond donors (Lipinski definition) is 1. The second-order valence-electron chi connectivity index (χ2n) is 3.23. The van der Waals surface area contributed by atoms with E-state index in [0.717, 1.165) is 0 Å². The van der Waals surface area contributed by atoms with Crippen LogP contribution in [0.25, 0.3) is 11.1 Å². The molecule has 2 aromatic carbocycles. The zero-order chi connectivity index (χ0) is 10.9. The van der Waals surface area contributed by atoms with Gasteiger partial charge < -0.3 is 5.32 Å². The topological polar surface area (TPSA) is 12.0 Å². The summed E-state index contributed by atoms with van der Waals surface area (Å²) in [6, 6.07) is 20.8. The first kappa shape index (κ1) is 11.5. The van der Waals surface area contributed by atoms with Gasteiger partial charge in [-0.2, -0.15) is 0 Å². The van der Waals surface area contributed by atoms with Gasteiger partial charge in [-0.05, 0) is 25.2 Å². The summed E-state index contributed by atoms with van der Waals surface area (Å²) in [5, 5.41) is 2.75. The molecular weight excluding hydrogens is 182 g/mol. The highest BCUT2D eigenvalue weighted by molar-refractivity contribution is 5.62. The summed E-state index contributed by atoms with van der Waals surface area (Å²) < 4.78 is 0. The molecule has 0 bridgehead atoms. The van der Waals surface area contributed by atoms with E-state index < -0.39 is 0 Å². The molecule has 1 heteroatoms. The number of nitrogens with one attached hydrogen (secondary N) is 1. The Labute approximate surface area is 91.8 Å². The molecule has 1 N–H and O–H groups in total. The third-order valence-corrected chi connectivity index (χ3v) is 1.88. The van der Waals surface area contributed by atoms with Crippen molar-refractivity contribution in [2.45, 2.75) is 0 Å². The van der Waals surface area contributed by atoms with Crippen LogP contribution in [0.5, 0.6) is 0 Å². The Morgan fingerprint density at radius 2 is 0.867 bits per heavy atom. The second kappa shape index (κ2) is 6.80. The quantitative estimate of drug-likeness (QED) is 0.743. The predicted octanol–water partition coefficient (Wildman–Crippen LogP) is 3.19. The van der Waals surface area contributed by atoms with Crippen LogP contribution in [0.15, 0.2) is 60.7 Å². The maximum absolute atomic E-state index is 2.75. The van der Waals surface area contributed by atoms with E-state index in [2.05, 4.69) is 53.8 Å². The number of hydrogen-bond acceptors (Lipinski definition) is 1. The first-order valence-corrected chi connectivity index (χ1v) is 5.07. The molecule has 0 aromatic heterocycles. The maximum Gasteiger partial charge on any atom is -0.0167 e. The van der Waals surface area contributed by atoms with Crippen molar-refractivity contribution < 1.29 is 0 Å². The van der Waals surface area contributed by atoms with Gasteiger partial charge in [0.1, 0.15) is 0 Å². The summed E-state index contributed by atoms with van der Waals surface area (Å²) in [6.45, 7) is 0. The highest BCUT2D eigenvalue weighted by atomic mass is 14.7. The summed E-state index contributed by atoms with van der Waals surface area (Å²) >= 11 is 0. The molecule has 0 radical (unpaired) electrons. The lowest BCUT2D eigenvalue weighted by Gasteiger charge is -1.98. The largest absolute Gasteiger partial charge is 0.323 e. The molecule has 0 aliphatic heterocycles. The van der Waals surface area contributed by atoms with Crippen LogP contribution in [0, 0.1) is 0 Å². The molecule has 0 saturated carbocycles. The number of benzene rings is 2. The van der Waals surface area contributed by atoms with Crippen LogP contribution in [0.1, 0.15) is 0 Å². The standard InChI is InChI=1S/C12H10.C2H7N/c1-3-7-11(8-4-1)12-9-5-2-6-10-12;1-3-2/h1-10H;3H,1-2H3. The average Bonchev–Trinajstić information content (AvgIpc) is 2.32. The highest BCUT2D eigenvalue weighted by Gasteiger charge is 1.91. The van der Waals surface area contributed by atoms with E-state index in [1.807, 2.05) is 26.2 Å². The summed E-state index contributed by atoms with van der Waals surface area (Å²) in [4.78, 5) is 0. The van der Waals surface area contributed by atoms with Crippen molar-refractivity contribution in [2.75, 3.05) is 14.1 Å². The fraction of sp³-hybridized carbons (Fsp3) is 0.143. The van der Waals surface area contributed by atoms with Crippen LogP contribution in [0.4, 0.5) is 0 Å². The van der Waals surface area contributed by atoms with Gasteiger partial charge in [0.25, 0.3) is 0 Å². The Balaban J connectivity index is 0.000000337. The molecule has 0 aliphatic carbocycles. The molecule has 0 fully saturated rings. The van der Waals surface area contributed by atoms with E-state index in [9.17, 15) is 0 Å². The first-order valence-electron chi connectivity index (χ1n) is 5.07. The van der Waals surface area contributed by atoms with Crippen LogP contribution in [0.3, 0.4) is 0 Å². The monoisotopic (exact) mass is 199 g/mol. The molecule has 0 spiro atoms. The molecule has 0 unspecified atom stereocenters. The molecule has 2 rings (SSSR count). The summed E-state index contributed by atoms with van der Waals surface area (Å²) in [6.07, 6.45) is 0. The van der Waals surface area contributed by atoms with Gasteiger partial charge in [0.05, 0.1) is 0 Å². The Hall–Kier alpha value is -1.60. The molecule has 1 nitrogen and oxygen atoms in total. The van der Waals surface area contributed by atoms with E-state index in [4.69, 9.17) is 0 Å². The van der Waals surface area contributed by atoms with Crippen molar-refractivity contribution in [2.24, 2.45) is 0 Å². The van der Waals surface area contributed by atoms with Gasteiger partial charge in [-0.25, -0.2) is 0 Å². The molecule has 0 atom stereocenters. The fourth-order valence-corrected chi connectivity index (χ4v) is 1.26. The number of rotatable bonds is 1. The van der Waals surface area contributed by atoms with Crippen molar-refractivity contribution >= 4 is 0 Å². The van der Waals surface area contributed by atoms with Gasteiger partial charge in [-0.1, -0.05) is 60.7 Å². The van der Waals surface area contributed by atoms with E-state index in [0.29, 0.717) is 0 Å². The normalized spacial score (nSPS) is 8.93. The summed E-state index contributed by atoms with van der Waals surface area (Å²) in [5.74, 6) is 0. The van der Waals surface area contributed by atoms with Crippen LogP contribution in [-0.2, 0) is 0 Å². The Morgan fingerprint density at radius 1 is 0.600 bits per heavy atom. The van der Waals surface area contributed by atoms with E-state index in [1.54, 1.807) is 0 Å². The van der Waals surface area contributed by atoms with Crippen LogP contribution in [-0.4, -0.2) is 14.1 Å². The van der Waals surface area contributed by atoms with Crippen LogP contribution >= 0.6 is 0 Å². The molecule has 0 saturated heterocycles. The van der Waals surface area contributed by atoms with Crippen LogP contribution in [0.2, 0.25) is 0 Å². The van der Waals surface area contributed by atoms with Gasteiger partial charge in [0.15, 0.2) is 0 Å². The Morgan fingerprint density at radius 3 is 1.13 bits per heavy atom. The molecule has 0 amide bonds. The summed E-state index contributed by atoms with van der Waals surface area (Å²) in [5.41, 5.74) is 2.55. The van der Waals surface area contributed by atoms with Gasteiger partial charge in [-0.15, -0.1) is 0 Å². The fourth-order valence-electron chi connectivity index (χ4n) is 1.26. The zero-order valence-corrected chi connectivity index (χ0v) is 9.27. The predicted molar refractivity (Wildman–Crippen MR) is 66.9 cm³/mol. The van der Waals surface area contributed by atoms with Gasteiger partial charge in [0.2, 0.25) is 0 Å². The van der Waals surface area contributed by atoms with Crippen molar-refractivity contribution in [3.63, 3.8) is 0 Å². The van der Waals surface area contributed by atoms with E-state index in [1.165, 1.54) is 11.1 Å². The van der Waals surface area contributed by atoms with Gasteiger partial charge in [0, 0.05) is 0 Å².